The SMILES string of the molecule is O=C(O)c1ccc(OCc2nc3ccc(Cl)cc3[nH]2)c(OCc2ccc(Br)cc2F)c1. The second-order valence-corrected chi connectivity index (χ2v) is 7.98. The minimum Gasteiger partial charge on any atom is -0.485 e. The lowest BCUT2D eigenvalue weighted by atomic mass is 10.2. The van der Waals surface area contributed by atoms with E-state index in [9.17, 15) is 14.3 Å². The number of hydrogen-bond donors (Lipinski definition) is 2. The molecule has 6 nitrogen and oxygen atoms in total. The highest BCUT2D eigenvalue weighted by molar-refractivity contribution is 9.10. The number of imidazole rings is 1. The third kappa shape index (κ3) is 4.98. The number of carboxylic acids is 1. The lowest BCUT2D eigenvalue weighted by molar-refractivity contribution is 0.0696. The predicted molar refractivity (Wildman–Crippen MR) is 117 cm³/mol. The van der Waals surface area contributed by atoms with Crippen molar-refractivity contribution in [3.8, 4) is 11.5 Å². The van der Waals surface area contributed by atoms with Crippen LogP contribution in [0.2, 0.25) is 5.02 Å². The number of aromatic amines is 1. The molecule has 0 aliphatic carbocycles. The van der Waals surface area contributed by atoms with E-state index in [2.05, 4.69) is 25.9 Å². The van der Waals surface area contributed by atoms with Crippen LogP contribution in [0.25, 0.3) is 11.0 Å². The van der Waals surface area contributed by atoms with Crippen LogP contribution < -0.4 is 9.47 Å². The maximum Gasteiger partial charge on any atom is 0.335 e. The van der Waals surface area contributed by atoms with Gasteiger partial charge >= 0.3 is 5.97 Å². The second kappa shape index (κ2) is 8.95. The molecule has 0 bridgehead atoms. The molecule has 3 aromatic carbocycles. The van der Waals surface area contributed by atoms with Crippen molar-refractivity contribution in [1.29, 1.82) is 0 Å². The van der Waals surface area contributed by atoms with Gasteiger partial charge in [-0.15, -0.1) is 0 Å². The van der Waals surface area contributed by atoms with E-state index in [0.29, 0.717) is 26.6 Å². The molecule has 2 N–H and O–H groups in total. The number of fused-ring (bicyclic) bond motifs is 1. The van der Waals surface area contributed by atoms with E-state index in [4.69, 9.17) is 21.1 Å². The fraction of sp³-hybridized carbons (Fsp3) is 0.0909. The molecule has 4 aromatic rings. The highest BCUT2D eigenvalue weighted by atomic mass is 79.9. The molecule has 1 aromatic heterocycles. The molecule has 0 amide bonds. The monoisotopic (exact) mass is 504 g/mol. The van der Waals surface area contributed by atoms with E-state index in [1.807, 2.05) is 0 Å². The summed E-state index contributed by atoms with van der Waals surface area (Å²) in [5.41, 5.74) is 1.86. The minimum absolute atomic E-state index is 0.0250. The van der Waals surface area contributed by atoms with Crippen molar-refractivity contribution < 1.29 is 23.8 Å². The predicted octanol–water partition coefficient (Wildman–Crippen LogP) is 5.97. The van der Waals surface area contributed by atoms with Crippen molar-refractivity contribution in [2.45, 2.75) is 13.2 Å². The zero-order valence-electron chi connectivity index (χ0n) is 15.9. The molecule has 31 heavy (non-hydrogen) atoms. The highest BCUT2D eigenvalue weighted by Crippen LogP contribution is 2.31. The van der Waals surface area contributed by atoms with Gasteiger partial charge in [0.1, 0.15) is 24.9 Å². The van der Waals surface area contributed by atoms with Gasteiger partial charge in [-0.2, -0.15) is 0 Å². The first-order valence-corrected chi connectivity index (χ1v) is 10.3. The molecule has 9 heteroatoms. The van der Waals surface area contributed by atoms with Crippen molar-refractivity contribution in [3.63, 3.8) is 0 Å². The number of nitrogens with zero attached hydrogens (tertiary/aromatic N) is 1. The van der Waals surface area contributed by atoms with Gasteiger partial charge in [0.2, 0.25) is 0 Å². The molecule has 0 aliphatic rings. The van der Waals surface area contributed by atoms with Crippen LogP contribution in [0.3, 0.4) is 0 Å². The summed E-state index contributed by atoms with van der Waals surface area (Å²) in [5, 5.41) is 9.87. The van der Waals surface area contributed by atoms with Crippen molar-refractivity contribution >= 4 is 44.5 Å². The highest BCUT2D eigenvalue weighted by Gasteiger charge is 2.14. The van der Waals surface area contributed by atoms with Crippen molar-refractivity contribution in [3.05, 3.63) is 86.9 Å². The number of carbonyl (C=O) groups is 1. The van der Waals surface area contributed by atoms with Gasteiger partial charge in [-0.3, -0.25) is 0 Å². The molecular weight excluding hydrogens is 491 g/mol. The largest absolute Gasteiger partial charge is 0.485 e. The van der Waals surface area contributed by atoms with Crippen LogP contribution >= 0.6 is 27.5 Å². The third-order valence-corrected chi connectivity index (χ3v) is 5.17. The van der Waals surface area contributed by atoms with Crippen LogP contribution in [0, 0.1) is 5.82 Å². The number of ether oxygens (including phenoxy) is 2. The fourth-order valence-corrected chi connectivity index (χ4v) is 3.42. The maximum atomic E-state index is 14.1. The number of halogens is 3. The number of carboxylic acid groups (broad SMARTS) is 1. The number of aromatic nitrogens is 2. The summed E-state index contributed by atoms with van der Waals surface area (Å²) in [7, 11) is 0. The number of benzene rings is 3. The lowest BCUT2D eigenvalue weighted by Gasteiger charge is -2.13. The Morgan fingerprint density at radius 3 is 2.65 bits per heavy atom. The Balaban J connectivity index is 1.54. The Morgan fingerprint density at radius 1 is 1.06 bits per heavy atom. The standard InChI is InChI=1S/C22H15BrClFN2O4/c23-14-3-1-13(16(25)8-14)10-30-20-7-12(22(28)29)2-6-19(20)31-11-21-26-17-5-4-15(24)9-18(17)27-21/h1-9H,10-11H2,(H,26,27)(H,28,29). The Hall–Kier alpha value is -3.10. The molecule has 158 valence electrons. The Morgan fingerprint density at radius 2 is 1.87 bits per heavy atom. The van der Waals surface area contributed by atoms with E-state index in [1.165, 1.54) is 24.3 Å². The van der Waals surface area contributed by atoms with Crippen LogP contribution in [-0.2, 0) is 13.2 Å². The number of aromatic carboxylic acids is 1. The molecule has 0 saturated carbocycles. The van der Waals surface area contributed by atoms with Crippen LogP contribution in [0.1, 0.15) is 21.7 Å². The Labute approximate surface area is 189 Å². The summed E-state index contributed by atoms with van der Waals surface area (Å²) < 4.78 is 26.2. The number of nitrogens with one attached hydrogen (secondary N) is 1. The van der Waals surface area contributed by atoms with Gasteiger partial charge in [-0.05, 0) is 48.5 Å². The van der Waals surface area contributed by atoms with Gasteiger partial charge in [-0.1, -0.05) is 33.6 Å². The van der Waals surface area contributed by atoms with Crippen LogP contribution in [0.5, 0.6) is 11.5 Å². The maximum absolute atomic E-state index is 14.1. The van der Waals surface area contributed by atoms with Crippen LogP contribution in [0.4, 0.5) is 4.39 Å². The second-order valence-electron chi connectivity index (χ2n) is 6.62. The summed E-state index contributed by atoms with van der Waals surface area (Å²) in [6, 6.07) is 14.1. The Bertz CT molecular complexity index is 1280. The molecule has 0 aliphatic heterocycles. The number of H-pyrrole nitrogens is 1. The molecule has 0 radical (unpaired) electrons. The summed E-state index contributed by atoms with van der Waals surface area (Å²) in [5.74, 6) is -0.501. The molecule has 0 saturated heterocycles. The van der Waals surface area contributed by atoms with Gasteiger partial charge in [-0.25, -0.2) is 14.2 Å². The topological polar surface area (TPSA) is 84.4 Å². The first-order valence-electron chi connectivity index (χ1n) is 9.10. The zero-order valence-corrected chi connectivity index (χ0v) is 18.2. The quantitative estimate of drug-likeness (QED) is 0.323. The first-order chi connectivity index (χ1) is 14.9. The van der Waals surface area contributed by atoms with Gasteiger partial charge in [0, 0.05) is 15.1 Å². The molecule has 0 atom stereocenters. The molecule has 1 heterocycles. The van der Waals surface area contributed by atoms with E-state index >= 15 is 0 Å². The fourth-order valence-electron chi connectivity index (χ4n) is 2.92. The number of rotatable bonds is 7. The number of hydrogen-bond acceptors (Lipinski definition) is 4. The van der Waals surface area contributed by atoms with Crippen molar-refractivity contribution in [2.24, 2.45) is 0 Å². The van der Waals surface area contributed by atoms with Crippen LogP contribution in [-0.4, -0.2) is 21.0 Å². The zero-order chi connectivity index (χ0) is 22.0. The summed E-state index contributed by atoms with van der Waals surface area (Å²) in [4.78, 5) is 18.9. The van der Waals surface area contributed by atoms with Crippen molar-refractivity contribution in [1.82, 2.24) is 9.97 Å². The average molecular weight is 506 g/mol. The molecule has 0 unspecified atom stereocenters. The minimum atomic E-state index is -1.11. The molecular formula is C22H15BrClFN2O4. The van der Waals surface area contributed by atoms with Crippen LogP contribution in [0.15, 0.2) is 59.1 Å². The normalized spacial score (nSPS) is 10.9. The van der Waals surface area contributed by atoms with Gasteiger partial charge in [0.25, 0.3) is 0 Å². The van der Waals surface area contributed by atoms with E-state index in [-0.39, 0.29) is 24.5 Å². The van der Waals surface area contributed by atoms with Gasteiger partial charge < -0.3 is 19.6 Å². The molecule has 0 fully saturated rings. The Kier molecular flexibility index (Phi) is 6.11. The first kappa shape index (κ1) is 21.1. The van der Waals surface area contributed by atoms with Gasteiger partial charge in [0.05, 0.1) is 16.6 Å². The van der Waals surface area contributed by atoms with E-state index in [0.717, 1.165) is 11.0 Å². The average Bonchev–Trinajstić information content (AvgIpc) is 3.13. The lowest BCUT2D eigenvalue weighted by Crippen LogP contribution is -2.04. The molecule has 0 spiro atoms. The van der Waals surface area contributed by atoms with E-state index in [1.54, 1.807) is 30.3 Å². The summed E-state index contributed by atoms with van der Waals surface area (Å²) >= 11 is 9.20. The smallest absolute Gasteiger partial charge is 0.335 e. The summed E-state index contributed by atoms with van der Waals surface area (Å²) in [6.07, 6.45) is 0. The van der Waals surface area contributed by atoms with Crippen molar-refractivity contribution in [2.75, 3.05) is 0 Å². The molecule has 4 rings (SSSR count). The van der Waals surface area contributed by atoms with E-state index < -0.39 is 11.8 Å². The third-order valence-electron chi connectivity index (χ3n) is 4.45. The van der Waals surface area contributed by atoms with Gasteiger partial charge in [0.15, 0.2) is 11.5 Å². The summed E-state index contributed by atoms with van der Waals surface area (Å²) in [6.45, 7) is -0.0105.